The molecule has 0 aliphatic carbocycles. The number of carboxylic acid groups (broad SMARTS) is 1. The molecule has 0 bridgehead atoms. The number of hydrogen-bond acceptors (Lipinski definition) is 7. The molecule has 4 rings (SSSR count). The van der Waals surface area contributed by atoms with E-state index in [4.69, 9.17) is 16.6 Å². The molecule has 0 saturated carbocycles. The zero-order valence-corrected chi connectivity index (χ0v) is 17.8. The summed E-state index contributed by atoms with van der Waals surface area (Å²) in [6, 6.07) is 24.8. The summed E-state index contributed by atoms with van der Waals surface area (Å²) in [4.78, 5) is 23.8. The highest BCUT2D eigenvalue weighted by Gasteiger charge is 2.13. The maximum absolute atomic E-state index is 10.9. The third-order valence-electron chi connectivity index (χ3n) is 5.15. The molecule has 0 radical (unpaired) electrons. The highest BCUT2D eigenvalue weighted by atomic mass is 16.4. The van der Waals surface area contributed by atoms with E-state index in [1.54, 1.807) is 12.1 Å². The number of carbonyl (C=O) groups is 1. The van der Waals surface area contributed by atoms with Crippen molar-refractivity contribution in [2.24, 2.45) is 5.73 Å². The van der Waals surface area contributed by atoms with Crippen molar-refractivity contribution in [3.8, 4) is 22.5 Å². The Morgan fingerprint density at radius 3 is 2.09 bits per heavy atom. The first-order valence-corrected chi connectivity index (χ1v) is 10.5. The maximum atomic E-state index is 10.9. The number of benzene rings is 3. The van der Waals surface area contributed by atoms with Gasteiger partial charge in [0.05, 0.1) is 0 Å². The Labute approximate surface area is 191 Å². The van der Waals surface area contributed by atoms with Crippen LogP contribution >= 0.6 is 0 Å². The zero-order valence-electron chi connectivity index (χ0n) is 17.8. The van der Waals surface area contributed by atoms with Gasteiger partial charge in [0.2, 0.25) is 11.9 Å². The molecule has 3 aromatic carbocycles. The van der Waals surface area contributed by atoms with Crippen LogP contribution in [-0.4, -0.2) is 32.1 Å². The predicted octanol–water partition coefficient (Wildman–Crippen LogP) is 3.35. The van der Waals surface area contributed by atoms with Gasteiger partial charge < -0.3 is 21.9 Å². The molecule has 0 aliphatic heterocycles. The average Bonchev–Trinajstić information content (AvgIpc) is 2.84. The number of aromatic nitrogens is 3. The summed E-state index contributed by atoms with van der Waals surface area (Å²) in [6.45, 7) is 0.532. The third-order valence-corrected chi connectivity index (χ3v) is 5.15. The van der Waals surface area contributed by atoms with Crippen LogP contribution in [0.5, 0.6) is 0 Å². The molecule has 6 N–H and O–H groups in total. The monoisotopic (exact) mass is 440 g/mol. The largest absolute Gasteiger partial charge is 0.480 e. The molecule has 1 heterocycles. The van der Waals surface area contributed by atoms with Gasteiger partial charge in [-0.2, -0.15) is 15.0 Å². The van der Waals surface area contributed by atoms with E-state index in [1.807, 2.05) is 30.3 Å². The summed E-state index contributed by atoms with van der Waals surface area (Å²) in [7, 11) is 0. The van der Waals surface area contributed by atoms with Crippen LogP contribution in [0.4, 0.5) is 11.9 Å². The van der Waals surface area contributed by atoms with Crippen LogP contribution < -0.4 is 16.8 Å². The van der Waals surface area contributed by atoms with Crippen LogP contribution in [0.2, 0.25) is 0 Å². The summed E-state index contributed by atoms with van der Waals surface area (Å²) in [6.07, 6.45) is 0.241. The molecule has 8 nitrogen and oxygen atoms in total. The highest BCUT2D eigenvalue weighted by molar-refractivity contribution is 5.73. The van der Waals surface area contributed by atoms with Crippen LogP contribution in [0, 0.1) is 0 Å². The summed E-state index contributed by atoms with van der Waals surface area (Å²) in [5.74, 6) is -0.117. The Morgan fingerprint density at radius 1 is 0.818 bits per heavy atom. The molecule has 33 heavy (non-hydrogen) atoms. The number of nitrogens with zero attached hydrogens (tertiary/aromatic N) is 3. The SMILES string of the molecule is Nc1nc(NCc2ccc(-c3ccccc3)cc2)nc(-c2ccc(C[C@H](N)C(=O)O)cc2)n1. The molecule has 0 spiro atoms. The number of nitrogens with two attached hydrogens (primary N) is 2. The zero-order chi connectivity index (χ0) is 23.2. The number of nitrogens with one attached hydrogen (secondary N) is 1. The lowest BCUT2D eigenvalue weighted by molar-refractivity contribution is -0.138. The molecular formula is C25H24N6O2. The molecule has 1 aromatic heterocycles. The van der Waals surface area contributed by atoms with Gasteiger partial charge in [0, 0.05) is 12.1 Å². The van der Waals surface area contributed by atoms with Gasteiger partial charge in [-0.15, -0.1) is 0 Å². The Morgan fingerprint density at radius 2 is 1.42 bits per heavy atom. The van der Waals surface area contributed by atoms with Gasteiger partial charge >= 0.3 is 5.97 Å². The van der Waals surface area contributed by atoms with Gasteiger partial charge in [0.25, 0.3) is 0 Å². The number of carboxylic acids is 1. The van der Waals surface area contributed by atoms with Crippen molar-refractivity contribution in [1.29, 1.82) is 0 Å². The van der Waals surface area contributed by atoms with Crippen LogP contribution in [0.3, 0.4) is 0 Å². The van der Waals surface area contributed by atoms with Gasteiger partial charge in [0.15, 0.2) is 5.82 Å². The first-order valence-electron chi connectivity index (χ1n) is 10.5. The van der Waals surface area contributed by atoms with E-state index in [0.29, 0.717) is 18.3 Å². The fraction of sp³-hybridized carbons (Fsp3) is 0.120. The van der Waals surface area contributed by atoms with E-state index in [-0.39, 0.29) is 12.4 Å². The fourth-order valence-corrected chi connectivity index (χ4v) is 3.36. The van der Waals surface area contributed by atoms with Crippen molar-refractivity contribution in [3.05, 3.63) is 90.0 Å². The van der Waals surface area contributed by atoms with Crippen molar-refractivity contribution < 1.29 is 9.90 Å². The molecule has 8 heteroatoms. The molecule has 0 saturated heterocycles. The molecule has 4 aromatic rings. The van der Waals surface area contributed by atoms with Crippen molar-refractivity contribution in [2.45, 2.75) is 19.0 Å². The Kier molecular flexibility index (Phi) is 6.56. The van der Waals surface area contributed by atoms with Crippen molar-refractivity contribution in [1.82, 2.24) is 15.0 Å². The molecule has 1 atom stereocenters. The lowest BCUT2D eigenvalue weighted by Crippen LogP contribution is -2.32. The van der Waals surface area contributed by atoms with Gasteiger partial charge in [0.1, 0.15) is 6.04 Å². The first-order chi connectivity index (χ1) is 16.0. The number of hydrogen-bond donors (Lipinski definition) is 4. The molecule has 166 valence electrons. The van der Waals surface area contributed by atoms with E-state index in [1.165, 1.54) is 5.56 Å². The second-order valence-electron chi connectivity index (χ2n) is 7.60. The Hall–Kier alpha value is -4.30. The minimum atomic E-state index is -1.03. The number of rotatable bonds is 8. The van der Waals surface area contributed by atoms with E-state index < -0.39 is 12.0 Å². The van der Waals surface area contributed by atoms with E-state index in [0.717, 1.165) is 22.3 Å². The topological polar surface area (TPSA) is 140 Å². The Balaban J connectivity index is 1.44. The van der Waals surface area contributed by atoms with E-state index in [9.17, 15) is 4.79 Å². The van der Waals surface area contributed by atoms with Gasteiger partial charge in [-0.1, -0.05) is 78.9 Å². The minimum absolute atomic E-state index is 0.110. The van der Waals surface area contributed by atoms with Crippen molar-refractivity contribution in [2.75, 3.05) is 11.1 Å². The molecule has 0 aliphatic rings. The number of nitrogen functional groups attached to an aromatic ring is 1. The van der Waals surface area contributed by atoms with Gasteiger partial charge in [-0.25, -0.2) is 0 Å². The van der Waals surface area contributed by atoms with Crippen molar-refractivity contribution in [3.63, 3.8) is 0 Å². The standard InChI is InChI=1S/C25H24N6O2/c26-21(23(32)33)14-16-6-12-20(13-7-16)22-29-24(27)31-25(30-22)28-15-17-8-10-19(11-9-17)18-4-2-1-3-5-18/h1-13,21H,14-15,26H2,(H,32,33)(H3,27,28,29,30,31)/t21-/m0/s1. The van der Waals surface area contributed by atoms with Gasteiger partial charge in [-0.3, -0.25) is 4.79 Å². The summed E-state index contributed by atoms with van der Waals surface area (Å²) in [5.41, 5.74) is 16.4. The summed E-state index contributed by atoms with van der Waals surface area (Å²) < 4.78 is 0. The average molecular weight is 441 g/mol. The maximum Gasteiger partial charge on any atom is 0.320 e. The van der Waals surface area contributed by atoms with Crippen LogP contribution in [-0.2, 0) is 17.8 Å². The smallest absolute Gasteiger partial charge is 0.320 e. The quantitative estimate of drug-likeness (QED) is 0.327. The lowest BCUT2D eigenvalue weighted by atomic mass is 10.0. The number of aliphatic carboxylic acids is 1. The van der Waals surface area contributed by atoms with Crippen molar-refractivity contribution >= 4 is 17.9 Å². The molecule has 0 amide bonds. The molecule has 0 unspecified atom stereocenters. The van der Waals surface area contributed by atoms with E-state index >= 15 is 0 Å². The van der Waals surface area contributed by atoms with Crippen LogP contribution in [0.1, 0.15) is 11.1 Å². The second kappa shape index (κ2) is 9.88. The Bertz CT molecular complexity index is 1230. The minimum Gasteiger partial charge on any atom is -0.480 e. The predicted molar refractivity (Wildman–Crippen MR) is 128 cm³/mol. The second-order valence-corrected chi connectivity index (χ2v) is 7.60. The fourth-order valence-electron chi connectivity index (χ4n) is 3.36. The third kappa shape index (κ3) is 5.69. The normalized spacial score (nSPS) is 11.7. The number of anilines is 2. The highest BCUT2D eigenvalue weighted by Crippen LogP contribution is 2.21. The lowest BCUT2D eigenvalue weighted by Gasteiger charge is -2.10. The summed E-state index contributed by atoms with van der Waals surface area (Å²) in [5, 5.41) is 12.2. The van der Waals surface area contributed by atoms with E-state index in [2.05, 4.69) is 56.7 Å². The summed E-state index contributed by atoms with van der Waals surface area (Å²) >= 11 is 0. The molecule has 0 fully saturated rings. The molecular weight excluding hydrogens is 416 g/mol. The van der Waals surface area contributed by atoms with Crippen LogP contribution in [0.15, 0.2) is 78.9 Å². The van der Waals surface area contributed by atoms with Crippen LogP contribution in [0.25, 0.3) is 22.5 Å². The van der Waals surface area contributed by atoms with Gasteiger partial charge in [-0.05, 0) is 28.7 Å². The first kappa shape index (κ1) is 21.9.